The Morgan fingerprint density at radius 1 is 1.02 bits per heavy atom. The van der Waals surface area contributed by atoms with E-state index in [1.807, 2.05) is 83.1 Å². The van der Waals surface area contributed by atoms with Gasteiger partial charge in [-0.05, 0) is 53.1 Å². The van der Waals surface area contributed by atoms with Crippen LogP contribution in [0.4, 0.5) is 4.79 Å². The van der Waals surface area contributed by atoms with Gasteiger partial charge in [0.2, 0.25) is 15.9 Å². The normalized spacial score (nSPS) is 15.8. The van der Waals surface area contributed by atoms with E-state index in [1.54, 1.807) is 16.9 Å². The molecule has 14 heteroatoms. The molecule has 13 nitrogen and oxygen atoms in total. The second-order valence-corrected chi connectivity index (χ2v) is 16.6. The first-order valence-electron chi connectivity index (χ1n) is 17.4. The predicted molar refractivity (Wildman–Crippen MR) is 198 cm³/mol. The van der Waals surface area contributed by atoms with E-state index < -0.39 is 39.5 Å². The van der Waals surface area contributed by atoms with Gasteiger partial charge >= 0.3 is 6.03 Å². The molecule has 0 bridgehead atoms. The summed E-state index contributed by atoms with van der Waals surface area (Å²) in [6, 6.07) is 18.7. The molecule has 1 aliphatic heterocycles. The number of benzene rings is 2. The van der Waals surface area contributed by atoms with Crippen molar-refractivity contribution in [2.75, 3.05) is 33.3 Å². The molecule has 3 aromatic rings. The number of hydrogen-bond acceptors (Lipinski definition) is 9. The summed E-state index contributed by atoms with van der Waals surface area (Å²) in [5.41, 5.74) is 2.13. The molecule has 2 heterocycles. The number of hydrogen-bond donors (Lipinski definition) is 3. The first-order chi connectivity index (χ1) is 24.6. The lowest BCUT2D eigenvalue weighted by Crippen LogP contribution is -2.59. The Balaban J connectivity index is 1.59. The van der Waals surface area contributed by atoms with Crippen LogP contribution in [-0.2, 0) is 39.1 Å². The van der Waals surface area contributed by atoms with Gasteiger partial charge in [0.25, 0.3) is 0 Å². The minimum absolute atomic E-state index is 0.0182. The third-order valence-corrected chi connectivity index (χ3v) is 10.6. The molecule has 1 saturated heterocycles. The minimum atomic E-state index is -4.07. The summed E-state index contributed by atoms with van der Waals surface area (Å²) in [6.45, 7) is 10.6. The topological polar surface area (TPSA) is 165 Å². The number of aromatic nitrogens is 1. The molecule has 52 heavy (non-hydrogen) atoms. The Bertz CT molecular complexity index is 1760. The van der Waals surface area contributed by atoms with E-state index in [0.29, 0.717) is 31.0 Å². The van der Waals surface area contributed by atoms with Crippen LogP contribution in [0.2, 0.25) is 0 Å². The van der Waals surface area contributed by atoms with Crippen LogP contribution in [0.5, 0.6) is 0 Å². The Morgan fingerprint density at radius 2 is 1.69 bits per heavy atom. The fraction of sp³-hybridized carbons (Fsp3) is 0.474. The minimum Gasteiger partial charge on any atom is -0.411 e. The van der Waals surface area contributed by atoms with Gasteiger partial charge < -0.3 is 30.2 Å². The lowest BCUT2D eigenvalue weighted by atomic mass is 9.84. The van der Waals surface area contributed by atoms with Crippen molar-refractivity contribution in [2.24, 2.45) is 16.5 Å². The highest BCUT2D eigenvalue weighted by Crippen LogP contribution is 2.29. The smallest absolute Gasteiger partial charge is 0.321 e. The van der Waals surface area contributed by atoms with Crippen LogP contribution < -0.4 is 5.32 Å². The van der Waals surface area contributed by atoms with Crippen LogP contribution in [0.3, 0.4) is 0 Å². The zero-order valence-electron chi connectivity index (χ0n) is 30.8. The summed E-state index contributed by atoms with van der Waals surface area (Å²) >= 11 is 0. The van der Waals surface area contributed by atoms with E-state index >= 15 is 0 Å². The van der Waals surface area contributed by atoms with Gasteiger partial charge in [-0.3, -0.25) is 9.78 Å². The van der Waals surface area contributed by atoms with Gasteiger partial charge in [-0.1, -0.05) is 88.3 Å². The average Bonchev–Trinajstić information content (AvgIpc) is 3.42. The van der Waals surface area contributed by atoms with Crippen molar-refractivity contribution in [1.29, 1.82) is 0 Å². The molecule has 0 spiro atoms. The molecule has 282 valence electrons. The molecule has 3 atom stereocenters. The standard InChI is InChI=1S/C38H52N6O7S/c1-27(2)23-43(52(49,50)32-17-15-29(16-18-32)22-39-48)25-34(45)33(21-28-11-8-7-9-12-28)41-36(46)35(38(3,4)5)44-20-19-42(37(44)47)24-30-13-10-14-31(40-30)26-51-6/h7-18,22,27,33-35,45,48H,19-21,23-26H2,1-6H3,(H,41,46)/b39-22+/t33-,34+,35+/m0/s1. The summed E-state index contributed by atoms with van der Waals surface area (Å²) in [5.74, 6) is -0.515. The maximum atomic E-state index is 14.4. The molecule has 0 aliphatic carbocycles. The third-order valence-electron chi connectivity index (χ3n) is 8.79. The number of methoxy groups -OCH3 is 1. The van der Waals surface area contributed by atoms with E-state index in [0.717, 1.165) is 11.3 Å². The van der Waals surface area contributed by atoms with Crippen LogP contribution in [0.25, 0.3) is 0 Å². The van der Waals surface area contributed by atoms with E-state index in [2.05, 4.69) is 15.5 Å². The van der Waals surface area contributed by atoms with Crippen molar-refractivity contribution in [3.8, 4) is 0 Å². The highest BCUT2D eigenvalue weighted by atomic mass is 32.2. The summed E-state index contributed by atoms with van der Waals surface area (Å²) < 4.78 is 34.3. The molecule has 2 aromatic carbocycles. The fourth-order valence-electron chi connectivity index (χ4n) is 6.40. The molecule has 0 radical (unpaired) electrons. The van der Waals surface area contributed by atoms with Crippen LogP contribution in [0.1, 0.15) is 57.1 Å². The SMILES string of the molecule is COCc1cccc(CN2CCN([C@H](C(=O)N[C@@H](Cc3ccccc3)[C@H](O)CN(CC(C)C)S(=O)(=O)c3ccc(/C=N/O)cc3)C(C)(C)C)C2=O)n1. The number of aliphatic hydroxyl groups excluding tert-OH is 1. The summed E-state index contributed by atoms with van der Waals surface area (Å²) in [4.78, 5) is 36.1. The number of nitrogens with one attached hydrogen (secondary N) is 1. The van der Waals surface area contributed by atoms with E-state index in [4.69, 9.17) is 9.94 Å². The Hall–Kier alpha value is -4.37. The average molecular weight is 737 g/mol. The van der Waals surface area contributed by atoms with Gasteiger partial charge in [0.15, 0.2) is 0 Å². The molecule has 0 saturated carbocycles. The Morgan fingerprint density at radius 3 is 2.31 bits per heavy atom. The molecule has 4 rings (SSSR count). The van der Waals surface area contributed by atoms with Gasteiger partial charge in [0, 0.05) is 33.3 Å². The summed E-state index contributed by atoms with van der Waals surface area (Å²) in [7, 11) is -2.48. The van der Waals surface area contributed by atoms with Crippen LogP contribution in [0, 0.1) is 11.3 Å². The number of oxime groups is 1. The van der Waals surface area contributed by atoms with Crippen LogP contribution in [0.15, 0.2) is 82.8 Å². The Kier molecular flexibility index (Phi) is 13.9. The molecule has 1 aromatic heterocycles. The maximum absolute atomic E-state index is 14.4. The number of urea groups is 1. The van der Waals surface area contributed by atoms with Crippen LogP contribution >= 0.6 is 0 Å². The van der Waals surface area contributed by atoms with Gasteiger partial charge in [-0.15, -0.1) is 0 Å². The molecule has 3 N–H and O–H groups in total. The van der Waals surface area contributed by atoms with Gasteiger partial charge in [0.05, 0.1) is 47.8 Å². The quantitative estimate of drug-likeness (QED) is 0.106. The molecular weight excluding hydrogens is 685 g/mol. The fourth-order valence-corrected chi connectivity index (χ4v) is 8.02. The molecule has 0 unspecified atom stereocenters. The largest absolute Gasteiger partial charge is 0.411 e. The van der Waals surface area contributed by atoms with E-state index in [-0.39, 0.29) is 42.9 Å². The number of sulfonamides is 1. The highest BCUT2D eigenvalue weighted by molar-refractivity contribution is 7.89. The van der Waals surface area contributed by atoms with Crippen molar-refractivity contribution in [3.63, 3.8) is 0 Å². The maximum Gasteiger partial charge on any atom is 0.321 e. The second kappa shape index (κ2) is 17.9. The number of amides is 3. The number of nitrogens with zero attached hydrogens (tertiary/aromatic N) is 5. The van der Waals surface area contributed by atoms with Crippen molar-refractivity contribution in [1.82, 2.24) is 24.4 Å². The third kappa shape index (κ3) is 10.6. The monoisotopic (exact) mass is 736 g/mol. The van der Waals surface area contributed by atoms with E-state index in [1.165, 1.54) is 34.8 Å². The molecule has 3 amide bonds. The first kappa shape index (κ1) is 40.4. The van der Waals surface area contributed by atoms with Gasteiger partial charge in [0.1, 0.15) is 6.04 Å². The second-order valence-electron chi connectivity index (χ2n) is 14.6. The number of ether oxygens (including phenoxy) is 1. The van der Waals surface area contributed by atoms with Gasteiger partial charge in [-0.25, -0.2) is 13.2 Å². The highest BCUT2D eigenvalue weighted by Gasteiger charge is 2.44. The molecule has 1 fully saturated rings. The Labute approximate surface area is 307 Å². The number of rotatable bonds is 17. The predicted octanol–water partition coefficient (Wildman–Crippen LogP) is 4.12. The van der Waals surface area contributed by atoms with Crippen molar-refractivity contribution < 1.29 is 33.1 Å². The van der Waals surface area contributed by atoms with Gasteiger partial charge in [-0.2, -0.15) is 4.31 Å². The number of carbonyl (C=O) groups excluding carboxylic acids is 2. The van der Waals surface area contributed by atoms with Crippen molar-refractivity contribution in [3.05, 3.63) is 95.3 Å². The van der Waals surface area contributed by atoms with Crippen molar-refractivity contribution >= 4 is 28.2 Å². The first-order valence-corrected chi connectivity index (χ1v) is 18.9. The van der Waals surface area contributed by atoms with Crippen molar-refractivity contribution in [2.45, 2.75) is 77.3 Å². The summed E-state index contributed by atoms with van der Waals surface area (Å²) in [6.07, 6.45) is 0.106. The lowest BCUT2D eigenvalue weighted by Gasteiger charge is -2.38. The number of carbonyl (C=O) groups is 2. The zero-order valence-corrected chi connectivity index (χ0v) is 31.7. The van der Waals surface area contributed by atoms with E-state index in [9.17, 15) is 23.1 Å². The number of aliphatic hydroxyl groups is 1. The molecular formula is C38H52N6O7S. The lowest BCUT2D eigenvalue weighted by molar-refractivity contribution is -0.130. The zero-order chi connectivity index (χ0) is 38.1. The molecule has 1 aliphatic rings. The summed E-state index contributed by atoms with van der Waals surface area (Å²) in [5, 5.41) is 26.7. The number of pyridine rings is 1. The van der Waals surface area contributed by atoms with Crippen LogP contribution in [-0.4, -0.2) is 107 Å².